The molecule has 4 aromatic rings. The number of aromatic amines is 1. The quantitative estimate of drug-likeness (QED) is 0.508. The molecule has 4 heteroatoms. The van der Waals surface area contributed by atoms with Gasteiger partial charge in [0, 0.05) is 5.39 Å². The van der Waals surface area contributed by atoms with Crippen LogP contribution in [0, 0.1) is 0 Å². The molecule has 18 heavy (non-hydrogen) atoms. The molecule has 2 heterocycles. The van der Waals surface area contributed by atoms with Crippen LogP contribution in [0.25, 0.3) is 27.6 Å². The molecule has 0 bridgehead atoms. The fourth-order valence-electron chi connectivity index (χ4n) is 2.39. The molecule has 0 spiro atoms. The van der Waals surface area contributed by atoms with Gasteiger partial charge in [-0.3, -0.25) is 0 Å². The maximum Gasteiger partial charge on any atom is 0.354 e. The molecule has 0 unspecified atom stereocenters. The minimum absolute atomic E-state index is 0.249. The highest BCUT2D eigenvalue weighted by molar-refractivity contribution is 5.95. The van der Waals surface area contributed by atoms with Crippen molar-refractivity contribution in [2.24, 2.45) is 0 Å². The number of aromatic nitrogens is 3. The molecule has 2 aromatic carbocycles. The summed E-state index contributed by atoms with van der Waals surface area (Å²) in [6.07, 6.45) is 0. The van der Waals surface area contributed by atoms with E-state index >= 15 is 0 Å². The van der Waals surface area contributed by atoms with Crippen molar-refractivity contribution in [3.63, 3.8) is 0 Å². The number of rotatable bonds is 0. The molecule has 0 fully saturated rings. The molecule has 4 nitrogen and oxygen atoms in total. The van der Waals surface area contributed by atoms with Crippen LogP contribution < -0.4 is 5.69 Å². The number of nitrogens with one attached hydrogen (secondary N) is 1. The van der Waals surface area contributed by atoms with Crippen LogP contribution in [-0.4, -0.2) is 14.4 Å². The lowest BCUT2D eigenvalue weighted by Crippen LogP contribution is -2.15. The number of imidazole rings is 1. The smallest absolute Gasteiger partial charge is 0.339 e. The third-order valence-corrected chi connectivity index (χ3v) is 3.19. The lowest BCUT2D eigenvalue weighted by Gasteiger charge is -1.98. The lowest BCUT2D eigenvalue weighted by molar-refractivity contribution is 1.06. The van der Waals surface area contributed by atoms with E-state index in [0.717, 1.165) is 22.1 Å². The third-order valence-electron chi connectivity index (χ3n) is 3.19. The summed E-state index contributed by atoms with van der Waals surface area (Å²) >= 11 is 0. The van der Waals surface area contributed by atoms with Gasteiger partial charge in [-0.15, -0.1) is 0 Å². The highest BCUT2D eigenvalue weighted by Gasteiger charge is 2.09. The summed E-state index contributed by atoms with van der Waals surface area (Å²) in [4.78, 5) is 19.5. The predicted molar refractivity (Wildman–Crippen MR) is 70.8 cm³/mol. The Bertz CT molecular complexity index is 949. The van der Waals surface area contributed by atoms with Crippen LogP contribution >= 0.6 is 0 Å². The summed E-state index contributed by atoms with van der Waals surface area (Å²) in [5.41, 5.74) is 3.06. The molecule has 0 saturated carbocycles. The van der Waals surface area contributed by atoms with E-state index < -0.39 is 0 Å². The molecular formula is C14H9N3O. The Kier molecular flexibility index (Phi) is 1.67. The molecule has 0 aliphatic rings. The van der Waals surface area contributed by atoms with Crippen molar-refractivity contribution in [2.75, 3.05) is 0 Å². The number of nitrogens with zero attached hydrogens (tertiary/aromatic N) is 2. The van der Waals surface area contributed by atoms with Gasteiger partial charge in [0.2, 0.25) is 0 Å². The molecule has 4 rings (SSSR count). The van der Waals surface area contributed by atoms with E-state index in [-0.39, 0.29) is 5.69 Å². The molecule has 0 aliphatic carbocycles. The highest BCUT2D eigenvalue weighted by Crippen LogP contribution is 2.20. The van der Waals surface area contributed by atoms with Gasteiger partial charge in [-0.05, 0) is 24.3 Å². The number of fused-ring (bicyclic) bond motifs is 5. The van der Waals surface area contributed by atoms with Crippen molar-refractivity contribution in [3.8, 4) is 0 Å². The zero-order valence-corrected chi connectivity index (χ0v) is 9.42. The third kappa shape index (κ3) is 1.09. The van der Waals surface area contributed by atoms with Gasteiger partial charge >= 0.3 is 5.69 Å². The van der Waals surface area contributed by atoms with Crippen molar-refractivity contribution in [1.82, 2.24) is 14.4 Å². The van der Waals surface area contributed by atoms with Crippen LogP contribution in [0.1, 0.15) is 0 Å². The van der Waals surface area contributed by atoms with Crippen molar-refractivity contribution < 1.29 is 0 Å². The number of hydrogen-bond acceptors (Lipinski definition) is 2. The van der Waals surface area contributed by atoms with Crippen molar-refractivity contribution in [1.29, 1.82) is 0 Å². The largest absolute Gasteiger partial charge is 0.354 e. The highest BCUT2D eigenvalue weighted by atomic mass is 16.1. The topological polar surface area (TPSA) is 50.2 Å². The van der Waals surface area contributed by atoms with Gasteiger partial charge in [-0.25, -0.2) is 9.20 Å². The predicted octanol–water partition coefficient (Wildman–Crippen LogP) is 2.33. The van der Waals surface area contributed by atoms with Gasteiger partial charge in [0.15, 0.2) is 0 Å². The van der Waals surface area contributed by atoms with E-state index in [9.17, 15) is 4.79 Å². The minimum atomic E-state index is -0.249. The first-order valence-corrected chi connectivity index (χ1v) is 5.73. The van der Waals surface area contributed by atoms with Crippen LogP contribution in [0.3, 0.4) is 0 Å². The van der Waals surface area contributed by atoms with Crippen molar-refractivity contribution >= 4 is 27.6 Å². The molecule has 2 aromatic heterocycles. The van der Waals surface area contributed by atoms with Crippen molar-refractivity contribution in [3.05, 3.63) is 59.0 Å². The van der Waals surface area contributed by atoms with Gasteiger partial charge in [0.25, 0.3) is 0 Å². The number of para-hydroxylation sites is 3. The molecule has 1 N–H and O–H groups in total. The summed E-state index contributed by atoms with van der Waals surface area (Å²) in [6.45, 7) is 0. The fourth-order valence-corrected chi connectivity index (χ4v) is 2.39. The Morgan fingerprint density at radius 1 is 1.00 bits per heavy atom. The SMILES string of the molecule is O=c1nc2ccccc2c2[nH]c3ccccc3n12. The summed E-state index contributed by atoms with van der Waals surface area (Å²) < 4.78 is 1.62. The molecule has 0 radical (unpaired) electrons. The monoisotopic (exact) mass is 235 g/mol. The van der Waals surface area contributed by atoms with Gasteiger partial charge in [0.1, 0.15) is 5.65 Å². The van der Waals surface area contributed by atoms with Crippen LogP contribution in [0.15, 0.2) is 53.3 Å². The summed E-state index contributed by atoms with van der Waals surface area (Å²) in [5, 5.41) is 0.952. The van der Waals surface area contributed by atoms with E-state index in [1.54, 1.807) is 4.40 Å². The summed E-state index contributed by atoms with van der Waals surface area (Å²) in [6, 6.07) is 15.4. The summed E-state index contributed by atoms with van der Waals surface area (Å²) in [7, 11) is 0. The Hall–Kier alpha value is -2.62. The Morgan fingerprint density at radius 2 is 1.78 bits per heavy atom. The zero-order chi connectivity index (χ0) is 12.1. The first-order valence-electron chi connectivity index (χ1n) is 5.73. The van der Waals surface area contributed by atoms with E-state index in [1.165, 1.54) is 0 Å². The molecular weight excluding hydrogens is 226 g/mol. The number of H-pyrrole nitrogens is 1. The first-order chi connectivity index (χ1) is 8.84. The van der Waals surface area contributed by atoms with Crippen LogP contribution in [-0.2, 0) is 0 Å². The van der Waals surface area contributed by atoms with Gasteiger partial charge in [-0.2, -0.15) is 4.98 Å². The second-order valence-corrected chi connectivity index (χ2v) is 4.24. The van der Waals surface area contributed by atoms with Crippen molar-refractivity contribution in [2.45, 2.75) is 0 Å². The van der Waals surface area contributed by atoms with Gasteiger partial charge in [-0.1, -0.05) is 24.3 Å². The van der Waals surface area contributed by atoms with E-state index in [1.807, 2.05) is 48.5 Å². The Balaban J connectivity index is 2.42. The Labute approximate surface area is 102 Å². The summed E-state index contributed by atoms with van der Waals surface area (Å²) in [5.74, 6) is 0. The minimum Gasteiger partial charge on any atom is -0.339 e. The first kappa shape index (κ1) is 9.41. The molecule has 0 atom stereocenters. The standard InChI is InChI=1S/C14H9N3O/c18-14-16-10-6-2-1-5-9(10)13-15-11-7-3-4-8-12(11)17(13)14/h1-8,15H. The lowest BCUT2D eigenvalue weighted by atomic mass is 10.2. The number of benzene rings is 2. The molecule has 0 aliphatic heterocycles. The second kappa shape index (κ2) is 3.20. The van der Waals surface area contributed by atoms with E-state index in [2.05, 4.69) is 9.97 Å². The van der Waals surface area contributed by atoms with E-state index in [0.29, 0.717) is 5.52 Å². The molecule has 0 saturated heterocycles. The zero-order valence-electron chi connectivity index (χ0n) is 9.42. The normalized spacial score (nSPS) is 11.6. The van der Waals surface area contributed by atoms with Crippen LogP contribution in [0.4, 0.5) is 0 Å². The average molecular weight is 235 g/mol. The Morgan fingerprint density at radius 3 is 2.72 bits per heavy atom. The van der Waals surface area contributed by atoms with E-state index in [4.69, 9.17) is 0 Å². The van der Waals surface area contributed by atoms with Crippen LogP contribution in [0.5, 0.6) is 0 Å². The molecule has 86 valence electrons. The average Bonchev–Trinajstić information content (AvgIpc) is 2.79. The maximum atomic E-state index is 12.1. The van der Waals surface area contributed by atoms with Crippen LogP contribution in [0.2, 0.25) is 0 Å². The van der Waals surface area contributed by atoms with Gasteiger partial charge in [0.05, 0.1) is 16.6 Å². The molecule has 0 amide bonds. The van der Waals surface area contributed by atoms with Gasteiger partial charge < -0.3 is 4.98 Å². The fraction of sp³-hybridized carbons (Fsp3) is 0. The number of hydrogen-bond donors (Lipinski definition) is 1. The maximum absolute atomic E-state index is 12.1. The second-order valence-electron chi connectivity index (χ2n) is 4.24.